The van der Waals surface area contributed by atoms with Crippen molar-refractivity contribution in [1.29, 1.82) is 0 Å². The molecule has 28 heavy (non-hydrogen) atoms. The van der Waals surface area contributed by atoms with Crippen molar-refractivity contribution in [3.63, 3.8) is 0 Å². The van der Waals surface area contributed by atoms with Gasteiger partial charge in [0.05, 0.1) is 0 Å². The largest absolute Gasteiger partial charge is 0.345 e. The highest BCUT2D eigenvalue weighted by molar-refractivity contribution is 6.92. The van der Waals surface area contributed by atoms with E-state index in [0.717, 1.165) is 18.9 Å². The van der Waals surface area contributed by atoms with Crippen LogP contribution in [0.5, 0.6) is 0 Å². The molecule has 0 amide bonds. The lowest BCUT2D eigenvalue weighted by atomic mass is 10.1. The molecule has 0 radical (unpaired) electrons. The first-order valence-electron chi connectivity index (χ1n) is 12.6. The Bertz CT molecular complexity index is 376. The average molecular weight is 427 g/mol. The molecule has 4 heteroatoms. The summed E-state index contributed by atoms with van der Waals surface area (Å²) >= 11 is 0. The molecular weight excluding hydrogens is 372 g/mol. The number of hydrogen-bond donors (Lipinski definition) is 0. The molecule has 0 unspecified atom stereocenters. The summed E-state index contributed by atoms with van der Waals surface area (Å²) in [6.45, 7) is 24.1. The van der Waals surface area contributed by atoms with Crippen LogP contribution in [0.3, 0.4) is 0 Å². The van der Waals surface area contributed by atoms with Gasteiger partial charge in [-0.15, -0.1) is 0 Å². The molecule has 0 aromatic heterocycles. The van der Waals surface area contributed by atoms with Crippen molar-refractivity contribution >= 4 is 22.2 Å². The zero-order valence-corrected chi connectivity index (χ0v) is 23.2. The van der Waals surface area contributed by atoms with Gasteiger partial charge in [-0.1, -0.05) is 68.2 Å². The van der Waals surface area contributed by atoms with E-state index < -0.39 is 16.5 Å². The van der Waals surface area contributed by atoms with E-state index in [4.69, 9.17) is 4.99 Å². The third-order valence-corrected chi connectivity index (χ3v) is 21.0. The number of hydrogen-bond acceptors (Lipinski definition) is 2. The molecule has 0 bridgehead atoms. The molecule has 2 nitrogen and oxygen atoms in total. The summed E-state index contributed by atoms with van der Waals surface area (Å²) in [6.07, 6.45) is 6.57. The molecule has 0 rings (SSSR count). The summed E-state index contributed by atoms with van der Waals surface area (Å²) in [7, 11) is -2.56. The Kier molecular flexibility index (Phi) is 15.0. The van der Waals surface area contributed by atoms with Gasteiger partial charge in [-0.25, -0.2) is 0 Å². The van der Waals surface area contributed by atoms with Crippen LogP contribution in [-0.2, 0) is 0 Å². The van der Waals surface area contributed by atoms with E-state index in [0.29, 0.717) is 0 Å². The van der Waals surface area contributed by atoms with Crippen LogP contribution >= 0.6 is 0 Å². The zero-order valence-electron chi connectivity index (χ0n) is 21.2. The lowest BCUT2D eigenvalue weighted by Crippen LogP contribution is -2.66. The van der Waals surface area contributed by atoms with Crippen molar-refractivity contribution < 1.29 is 0 Å². The summed E-state index contributed by atoms with van der Waals surface area (Å²) in [4.78, 5) is 4.78. The van der Waals surface area contributed by atoms with Gasteiger partial charge in [0, 0.05) is 12.3 Å². The molecule has 0 heterocycles. The van der Waals surface area contributed by atoms with Crippen LogP contribution in [-0.4, -0.2) is 39.5 Å². The lowest BCUT2D eigenvalue weighted by Gasteiger charge is -2.52. The zero-order chi connectivity index (χ0) is 21.6. The molecule has 0 spiro atoms. The molecule has 0 aromatic carbocycles. The predicted molar refractivity (Wildman–Crippen MR) is 137 cm³/mol. The Hall–Kier alpha value is 0.0638. The van der Waals surface area contributed by atoms with Crippen LogP contribution < -0.4 is 0 Å². The highest BCUT2D eigenvalue weighted by atomic mass is 28.4. The Labute approximate surface area is 181 Å². The Morgan fingerprint density at radius 2 is 1.14 bits per heavy atom. The third kappa shape index (κ3) is 8.43. The number of rotatable bonds is 17. The van der Waals surface area contributed by atoms with E-state index in [-0.39, 0.29) is 0 Å². The van der Waals surface area contributed by atoms with Gasteiger partial charge < -0.3 is 4.23 Å². The van der Waals surface area contributed by atoms with Gasteiger partial charge in [0.15, 0.2) is 0 Å². The first-order chi connectivity index (χ1) is 13.3. The van der Waals surface area contributed by atoms with Crippen molar-refractivity contribution in [3.05, 3.63) is 0 Å². The van der Waals surface area contributed by atoms with Crippen molar-refractivity contribution in [2.75, 3.05) is 13.1 Å². The van der Waals surface area contributed by atoms with Gasteiger partial charge in [0.1, 0.15) is 16.5 Å². The molecule has 0 fully saturated rings. The summed E-state index contributed by atoms with van der Waals surface area (Å²) in [6, 6.07) is 8.66. The topological polar surface area (TPSA) is 15.6 Å². The fourth-order valence-electron chi connectivity index (χ4n) is 5.28. The van der Waals surface area contributed by atoms with E-state index in [1.54, 1.807) is 0 Å². The minimum Gasteiger partial charge on any atom is -0.345 e. The second-order valence-corrected chi connectivity index (χ2v) is 20.0. The monoisotopic (exact) mass is 426 g/mol. The van der Waals surface area contributed by atoms with Crippen molar-refractivity contribution in [2.45, 2.75) is 131 Å². The second-order valence-electron chi connectivity index (χ2n) is 9.35. The normalized spacial score (nSPS) is 13.8. The molecule has 0 aliphatic carbocycles. The van der Waals surface area contributed by atoms with Gasteiger partial charge in [-0.05, 0) is 74.9 Å². The Balaban J connectivity index is 4.79. The van der Waals surface area contributed by atoms with Gasteiger partial charge in [0.25, 0.3) is 0 Å². The van der Waals surface area contributed by atoms with E-state index in [1.165, 1.54) is 74.2 Å². The van der Waals surface area contributed by atoms with Gasteiger partial charge in [0.2, 0.25) is 0 Å². The summed E-state index contributed by atoms with van der Waals surface area (Å²) in [5.41, 5.74) is 1.34. The summed E-state index contributed by atoms with van der Waals surface area (Å²) in [5, 5.41) is 0. The molecule has 0 saturated carbocycles. The number of aliphatic imine (C=N–C) groups is 1. The maximum atomic E-state index is 4.78. The van der Waals surface area contributed by atoms with Crippen LogP contribution in [0.1, 0.15) is 94.4 Å². The van der Waals surface area contributed by atoms with Crippen molar-refractivity contribution in [2.24, 2.45) is 10.9 Å². The van der Waals surface area contributed by atoms with E-state index in [2.05, 4.69) is 66.5 Å². The fourth-order valence-corrected chi connectivity index (χ4v) is 18.7. The molecule has 0 aliphatic heterocycles. The maximum absolute atomic E-state index is 4.78. The molecule has 0 N–H and O–H groups in total. The first-order valence-corrected chi connectivity index (χ1v) is 17.7. The standard InChI is InChI=1S/C24H54N2Si2/c1-10-27(11-2,12-3)26(28(13-4,14-5)15-6)21-19-17-16-18-20-25-24(9)22-23(7)8/h23H,10-22H2,1-9H3. The highest BCUT2D eigenvalue weighted by Crippen LogP contribution is 2.36. The van der Waals surface area contributed by atoms with Crippen LogP contribution in [0, 0.1) is 5.92 Å². The first kappa shape index (κ1) is 28.1. The fraction of sp³-hybridized carbons (Fsp3) is 0.958. The van der Waals surface area contributed by atoms with Crippen LogP contribution in [0.2, 0.25) is 36.3 Å². The smallest absolute Gasteiger partial charge is 0.120 e. The molecule has 0 aliphatic rings. The van der Waals surface area contributed by atoms with Gasteiger partial charge in [-0.3, -0.25) is 4.99 Å². The minimum atomic E-state index is -1.28. The molecule has 0 saturated heterocycles. The molecular formula is C24H54N2Si2. The van der Waals surface area contributed by atoms with E-state index in [1.807, 2.05) is 0 Å². The van der Waals surface area contributed by atoms with E-state index >= 15 is 0 Å². The van der Waals surface area contributed by atoms with Gasteiger partial charge in [-0.2, -0.15) is 0 Å². The van der Waals surface area contributed by atoms with Crippen LogP contribution in [0.15, 0.2) is 4.99 Å². The molecule has 168 valence electrons. The maximum Gasteiger partial charge on any atom is 0.120 e. The Morgan fingerprint density at radius 1 is 0.714 bits per heavy atom. The van der Waals surface area contributed by atoms with Crippen LogP contribution in [0.25, 0.3) is 0 Å². The minimum absolute atomic E-state index is 0.731. The second kappa shape index (κ2) is 15.0. The molecule has 0 atom stereocenters. The van der Waals surface area contributed by atoms with E-state index in [9.17, 15) is 0 Å². The summed E-state index contributed by atoms with van der Waals surface area (Å²) in [5.74, 6) is 0.731. The average Bonchev–Trinajstić information content (AvgIpc) is 2.69. The SMILES string of the molecule is CC[Si](CC)(CC)N(CCCCCCN=C(C)CC(C)C)[Si](CC)(CC)CC. The lowest BCUT2D eigenvalue weighted by molar-refractivity contribution is 0.521. The van der Waals surface area contributed by atoms with Crippen molar-refractivity contribution in [1.82, 2.24) is 4.23 Å². The van der Waals surface area contributed by atoms with Crippen molar-refractivity contribution in [3.8, 4) is 0 Å². The highest BCUT2D eigenvalue weighted by Gasteiger charge is 2.45. The third-order valence-electron chi connectivity index (χ3n) is 7.47. The predicted octanol–water partition coefficient (Wildman–Crippen LogP) is 8.37. The van der Waals surface area contributed by atoms with Crippen LogP contribution in [0.4, 0.5) is 0 Å². The quantitative estimate of drug-likeness (QED) is 0.129. The molecule has 0 aromatic rings. The Morgan fingerprint density at radius 3 is 1.54 bits per heavy atom. The number of nitrogens with zero attached hydrogens (tertiary/aromatic N) is 2. The summed E-state index contributed by atoms with van der Waals surface area (Å²) < 4.78 is 3.24. The number of unbranched alkanes of at least 4 members (excludes halogenated alkanes) is 3. The van der Waals surface area contributed by atoms with Gasteiger partial charge >= 0.3 is 0 Å².